The molecule has 1 amide bonds. The van der Waals surface area contributed by atoms with Crippen LogP contribution in [0.2, 0.25) is 0 Å². The second kappa shape index (κ2) is 10.1. The number of rotatable bonds is 7. The van der Waals surface area contributed by atoms with Crippen molar-refractivity contribution in [3.05, 3.63) is 47.6 Å². The van der Waals surface area contributed by atoms with Crippen molar-refractivity contribution in [3.63, 3.8) is 0 Å². The fourth-order valence-electron chi connectivity index (χ4n) is 3.56. The lowest BCUT2D eigenvalue weighted by molar-refractivity contribution is -0.140. The van der Waals surface area contributed by atoms with Crippen molar-refractivity contribution in [1.82, 2.24) is 30.5 Å². The van der Waals surface area contributed by atoms with E-state index in [4.69, 9.17) is 4.42 Å². The third-order valence-corrected chi connectivity index (χ3v) is 6.08. The summed E-state index contributed by atoms with van der Waals surface area (Å²) in [6.07, 6.45) is -1.59. The second-order valence-electron chi connectivity index (χ2n) is 8.22. The van der Waals surface area contributed by atoms with Gasteiger partial charge in [0.2, 0.25) is 11.8 Å². The van der Waals surface area contributed by atoms with Crippen LogP contribution >= 0.6 is 11.3 Å². The Morgan fingerprint density at radius 2 is 1.92 bits per heavy atom. The van der Waals surface area contributed by atoms with Gasteiger partial charge in [-0.3, -0.25) is 9.78 Å². The van der Waals surface area contributed by atoms with Gasteiger partial charge in [0.15, 0.2) is 5.69 Å². The number of halogens is 3. The summed E-state index contributed by atoms with van der Waals surface area (Å²) in [6, 6.07) is 4.71. The molecule has 188 valence electrons. The Hall–Kier alpha value is -3.71. The van der Waals surface area contributed by atoms with Crippen LogP contribution in [-0.4, -0.2) is 38.1 Å². The fourth-order valence-corrected chi connectivity index (χ4v) is 4.42. The molecule has 0 spiro atoms. The molecule has 9 nitrogen and oxygen atoms in total. The lowest BCUT2D eigenvalue weighted by atomic mass is 10.0. The van der Waals surface area contributed by atoms with Crippen molar-refractivity contribution >= 4 is 23.1 Å². The van der Waals surface area contributed by atoms with E-state index in [1.165, 1.54) is 25.4 Å². The summed E-state index contributed by atoms with van der Waals surface area (Å²) in [5, 5.41) is 15.0. The number of nitrogens with zero attached hydrogens (tertiary/aromatic N) is 5. The highest BCUT2D eigenvalue weighted by molar-refractivity contribution is 7.13. The van der Waals surface area contributed by atoms with E-state index in [1.807, 2.05) is 13.8 Å². The molecule has 36 heavy (non-hydrogen) atoms. The molecule has 13 heteroatoms. The van der Waals surface area contributed by atoms with Crippen LogP contribution in [0.1, 0.15) is 38.4 Å². The number of aromatic nitrogens is 5. The summed E-state index contributed by atoms with van der Waals surface area (Å²) in [6.45, 7) is 5.35. The first-order chi connectivity index (χ1) is 17.1. The molecule has 0 fully saturated rings. The molecule has 4 aromatic heterocycles. The van der Waals surface area contributed by atoms with Crippen LogP contribution < -0.4 is 10.6 Å². The molecule has 0 aromatic carbocycles. The van der Waals surface area contributed by atoms with Crippen LogP contribution in [0.15, 0.2) is 40.4 Å². The predicted octanol–water partition coefficient (Wildman–Crippen LogP) is 5.21. The van der Waals surface area contributed by atoms with E-state index in [1.54, 1.807) is 19.2 Å². The van der Waals surface area contributed by atoms with E-state index in [-0.39, 0.29) is 34.6 Å². The molecule has 0 saturated carbocycles. The zero-order chi connectivity index (χ0) is 26.0. The van der Waals surface area contributed by atoms with Gasteiger partial charge in [-0.1, -0.05) is 13.8 Å². The zero-order valence-corrected chi connectivity index (χ0v) is 20.5. The topological polar surface area (TPSA) is 119 Å². The minimum Gasteiger partial charge on any atom is -0.418 e. The molecule has 4 rings (SSSR count). The average molecular weight is 518 g/mol. The van der Waals surface area contributed by atoms with Crippen LogP contribution in [-0.2, 0) is 11.0 Å². The highest BCUT2D eigenvalue weighted by atomic mass is 32.1. The largest absolute Gasteiger partial charge is 0.434 e. The molecule has 4 heterocycles. The Balaban J connectivity index is 1.78. The molecule has 1 atom stereocenters. The van der Waals surface area contributed by atoms with E-state index < -0.39 is 11.9 Å². The number of alkyl halides is 3. The molecule has 0 unspecified atom stereocenters. The summed E-state index contributed by atoms with van der Waals surface area (Å²) < 4.78 is 45.5. The molecule has 2 N–H and O–H groups in total. The van der Waals surface area contributed by atoms with Gasteiger partial charge in [-0.25, -0.2) is 9.97 Å². The number of hydrogen-bond donors (Lipinski definition) is 2. The van der Waals surface area contributed by atoms with Crippen LogP contribution in [0.3, 0.4) is 0 Å². The molecule has 4 aromatic rings. The van der Waals surface area contributed by atoms with Gasteiger partial charge in [-0.2, -0.15) is 13.2 Å². The van der Waals surface area contributed by atoms with Crippen molar-refractivity contribution < 1.29 is 22.4 Å². The van der Waals surface area contributed by atoms with Crippen LogP contribution in [0.4, 0.5) is 19.0 Å². The molecular formula is C23H22F3N7O2S. The van der Waals surface area contributed by atoms with Crippen molar-refractivity contribution in [1.29, 1.82) is 0 Å². The van der Waals surface area contributed by atoms with Crippen molar-refractivity contribution in [2.45, 2.75) is 33.0 Å². The molecule has 0 saturated heterocycles. The van der Waals surface area contributed by atoms with Gasteiger partial charge in [0.1, 0.15) is 16.5 Å². The van der Waals surface area contributed by atoms with E-state index in [2.05, 4.69) is 35.8 Å². The van der Waals surface area contributed by atoms with E-state index in [0.29, 0.717) is 28.3 Å². The molecular weight excluding hydrogens is 495 g/mol. The van der Waals surface area contributed by atoms with Gasteiger partial charge >= 0.3 is 6.18 Å². The van der Waals surface area contributed by atoms with Crippen molar-refractivity contribution in [2.24, 2.45) is 5.92 Å². The van der Waals surface area contributed by atoms with Gasteiger partial charge in [0, 0.05) is 35.8 Å². The maximum Gasteiger partial charge on any atom is 0.434 e. The number of pyridine rings is 2. The summed E-state index contributed by atoms with van der Waals surface area (Å²) >= 11 is 0.843. The van der Waals surface area contributed by atoms with Crippen molar-refractivity contribution in [3.8, 4) is 33.3 Å². The van der Waals surface area contributed by atoms with Gasteiger partial charge in [0.05, 0.1) is 6.04 Å². The predicted molar refractivity (Wildman–Crippen MR) is 128 cm³/mol. The average Bonchev–Trinajstić information content (AvgIpc) is 3.49. The summed E-state index contributed by atoms with van der Waals surface area (Å²) in [4.78, 5) is 23.9. The zero-order valence-electron chi connectivity index (χ0n) is 19.7. The van der Waals surface area contributed by atoms with E-state index >= 15 is 0 Å². The summed E-state index contributed by atoms with van der Waals surface area (Å²) in [5.74, 6) is 0.645. The van der Waals surface area contributed by atoms with Crippen LogP contribution in [0, 0.1) is 5.92 Å². The van der Waals surface area contributed by atoms with Crippen molar-refractivity contribution in [2.75, 3.05) is 12.4 Å². The maximum absolute atomic E-state index is 13.2. The Morgan fingerprint density at radius 1 is 1.14 bits per heavy atom. The van der Waals surface area contributed by atoms with Gasteiger partial charge in [-0.15, -0.1) is 21.5 Å². The monoisotopic (exact) mass is 517 g/mol. The quantitative estimate of drug-likeness (QED) is 0.343. The molecule has 0 aliphatic carbocycles. The molecule has 0 bridgehead atoms. The standard InChI is InChI=1S/C23H22F3N7O2S/c1-11(2)19(27-4)21-33-32-20(35-21)16-7-13(5-6-28-16)15-9-29-18(30-12(3)34)8-14(15)22-31-17(10-36-22)23(24,25)26/h5-11,19,27H,1-4H3,(H,29,30,34)/t19-/m0/s1. The van der Waals surface area contributed by atoms with E-state index in [0.717, 1.165) is 16.7 Å². The number of amides is 1. The third-order valence-electron chi connectivity index (χ3n) is 5.21. The Bertz CT molecular complexity index is 1380. The minimum absolute atomic E-state index is 0.124. The van der Waals surface area contributed by atoms with Gasteiger partial charge < -0.3 is 15.1 Å². The van der Waals surface area contributed by atoms with E-state index in [9.17, 15) is 18.0 Å². The number of carbonyl (C=O) groups excluding carboxylic acids is 1. The number of anilines is 1. The first kappa shape index (κ1) is 25.4. The third kappa shape index (κ3) is 5.41. The van der Waals surface area contributed by atoms with Crippen LogP contribution in [0.25, 0.3) is 33.3 Å². The molecule has 0 aliphatic heterocycles. The summed E-state index contributed by atoms with van der Waals surface area (Å²) in [7, 11) is 1.80. The van der Waals surface area contributed by atoms with Gasteiger partial charge in [-0.05, 0) is 36.7 Å². The molecule has 0 radical (unpaired) electrons. The molecule has 0 aliphatic rings. The Labute approximate surface area is 208 Å². The smallest absolute Gasteiger partial charge is 0.418 e. The first-order valence-corrected chi connectivity index (χ1v) is 11.7. The minimum atomic E-state index is -4.58. The Morgan fingerprint density at radius 3 is 2.56 bits per heavy atom. The SMILES string of the molecule is CN[C@H](c1nnc(-c2cc(-c3cnc(NC(C)=O)cc3-c3nc(C(F)(F)F)cs3)ccn2)o1)C(C)C. The number of carbonyl (C=O) groups is 1. The van der Waals surface area contributed by atoms with Crippen LogP contribution in [0.5, 0.6) is 0 Å². The lowest BCUT2D eigenvalue weighted by Gasteiger charge is -2.15. The first-order valence-electron chi connectivity index (χ1n) is 10.8. The number of hydrogen-bond acceptors (Lipinski definition) is 9. The number of thiazole rings is 1. The fraction of sp³-hybridized carbons (Fsp3) is 0.304. The Kier molecular flexibility index (Phi) is 7.13. The highest BCUT2D eigenvalue weighted by Crippen LogP contribution is 2.39. The maximum atomic E-state index is 13.2. The summed E-state index contributed by atoms with van der Waals surface area (Å²) in [5.41, 5.74) is 0.842. The number of nitrogens with one attached hydrogen (secondary N) is 2. The normalized spacial score (nSPS) is 12.7. The second-order valence-corrected chi connectivity index (χ2v) is 9.08. The van der Waals surface area contributed by atoms with Gasteiger partial charge in [0.25, 0.3) is 5.89 Å². The highest BCUT2D eigenvalue weighted by Gasteiger charge is 2.34. The lowest BCUT2D eigenvalue weighted by Crippen LogP contribution is -2.21.